The lowest BCUT2D eigenvalue weighted by Gasteiger charge is -2.30. The molecule has 0 aliphatic heterocycles. The molecule has 0 fully saturated rings. The number of carbonyl (C=O) groups excluding carboxylic acids is 2. The molecule has 0 atom stereocenters. The monoisotopic (exact) mass is 422 g/mol. The molecule has 0 saturated carbocycles. The Balaban J connectivity index is 2.79. The van der Waals surface area contributed by atoms with Crippen molar-refractivity contribution in [3.05, 3.63) is 35.4 Å². The zero-order valence-electron chi connectivity index (χ0n) is 17.6. The Hall–Kier alpha value is -1.66. The van der Waals surface area contributed by atoms with Crippen molar-refractivity contribution in [3.63, 3.8) is 0 Å². The molecule has 1 rings (SSSR count). The SMILES string of the molecule is CC(=O)CCC(=S)OC(C)(C)c1ccc(C(C)(C)OC(=S)CCC(C)=O)cc1. The third-order valence-electron chi connectivity index (χ3n) is 4.38. The lowest BCUT2D eigenvalue weighted by molar-refractivity contribution is -0.117. The largest absolute Gasteiger partial charge is 0.477 e. The topological polar surface area (TPSA) is 52.6 Å². The highest BCUT2D eigenvalue weighted by Crippen LogP contribution is 2.30. The number of thiocarbonyl (C=S) groups is 2. The number of hydrogen-bond donors (Lipinski definition) is 0. The first-order valence-electron chi connectivity index (χ1n) is 9.37. The Morgan fingerprint density at radius 1 is 0.714 bits per heavy atom. The van der Waals surface area contributed by atoms with Crippen molar-refractivity contribution in [2.75, 3.05) is 0 Å². The van der Waals surface area contributed by atoms with Gasteiger partial charge in [0.2, 0.25) is 0 Å². The Kier molecular flexibility index (Phi) is 8.89. The van der Waals surface area contributed by atoms with Crippen LogP contribution < -0.4 is 0 Å². The van der Waals surface area contributed by atoms with Crippen LogP contribution in [0.4, 0.5) is 0 Å². The summed E-state index contributed by atoms with van der Waals surface area (Å²) in [7, 11) is 0. The van der Waals surface area contributed by atoms with Gasteiger partial charge in [0, 0.05) is 25.7 Å². The van der Waals surface area contributed by atoms with Crippen LogP contribution in [0, 0.1) is 0 Å². The molecule has 0 bridgehead atoms. The molecular formula is C22H30O4S2. The van der Waals surface area contributed by atoms with E-state index < -0.39 is 11.2 Å². The average Bonchev–Trinajstić information content (AvgIpc) is 2.57. The molecule has 0 heterocycles. The molecule has 0 saturated heterocycles. The minimum absolute atomic E-state index is 0.0940. The first-order chi connectivity index (χ1) is 12.8. The standard InChI is InChI=1S/C22H30O4S2/c1-15(23)7-13-19(27)25-21(3,4)17-9-11-18(12-10-17)22(5,6)26-20(28)14-8-16(2)24/h9-12H,7-8,13-14H2,1-6H3. The van der Waals surface area contributed by atoms with Crippen LogP contribution >= 0.6 is 24.4 Å². The van der Waals surface area contributed by atoms with Gasteiger partial charge < -0.3 is 19.1 Å². The van der Waals surface area contributed by atoms with Crippen LogP contribution in [-0.2, 0) is 30.3 Å². The van der Waals surface area contributed by atoms with Crippen LogP contribution in [0.1, 0.15) is 78.4 Å². The highest BCUT2D eigenvalue weighted by Gasteiger charge is 2.27. The Bertz CT molecular complexity index is 670. The predicted molar refractivity (Wildman–Crippen MR) is 120 cm³/mol. The number of ketones is 2. The third kappa shape index (κ3) is 8.15. The molecule has 0 aliphatic rings. The molecule has 0 amide bonds. The summed E-state index contributed by atoms with van der Waals surface area (Å²) in [6.45, 7) is 10.9. The first-order valence-corrected chi connectivity index (χ1v) is 10.2. The second kappa shape index (κ2) is 10.2. The molecule has 0 N–H and O–H groups in total. The van der Waals surface area contributed by atoms with Crippen molar-refractivity contribution < 1.29 is 19.1 Å². The van der Waals surface area contributed by atoms with Gasteiger partial charge in [-0.25, -0.2) is 0 Å². The smallest absolute Gasteiger partial charge is 0.161 e. The molecule has 6 heteroatoms. The number of ether oxygens (including phenoxy) is 2. The van der Waals surface area contributed by atoms with E-state index in [9.17, 15) is 9.59 Å². The van der Waals surface area contributed by atoms with Gasteiger partial charge in [0.25, 0.3) is 0 Å². The van der Waals surface area contributed by atoms with E-state index in [1.165, 1.54) is 0 Å². The van der Waals surface area contributed by atoms with Gasteiger partial charge in [-0.3, -0.25) is 0 Å². The highest BCUT2D eigenvalue weighted by atomic mass is 32.1. The van der Waals surface area contributed by atoms with E-state index >= 15 is 0 Å². The second-order valence-electron chi connectivity index (χ2n) is 7.95. The average molecular weight is 423 g/mol. The van der Waals surface area contributed by atoms with E-state index in [1.807, 2.05) is 52.0 Å². The molecule has 1 aromatic carbocycles. The fraction of sp³-hybridized carbons (Fsp3) is 0.545. The van der Waals surface area contributed by atoms with Gasteiger partial charge in [0.1, 0.15) is 22.8 Å². The van der Waals surface area contributed by atoms with Crippen molar-refractivity contribution in [2.45, 2.75) is 78.4 Å². The molecule has 0 spiro atoms. The van der Waals surface area contributed by atoms with Crippen LogP contribution in [0.15, 0.2) is 24.3 Å². The maximum atomic E-state index is 11.1. The quantitative estimate of drug-likeness (QED) is 0.459. The van der Waals surface area contributed by atoms with E-state index in [-0.39, 0.29) is 11.6 Å². The molecule has 0 aromatic heterocycles. The van der Waals surface area contributed by atoms with Crippen molar-refractivity contribution in [1.82, 2.24) is 0 Å². The van der Waals surface area contributed by atoms with Crippen molar-refractivity contribution in [1.29, 1.82) is 0 Å². The minimum Gasteiger partial charge on any atom is -0.477 e. The van der Waals surface area contributed by atoms with Gasteiger partial charge in [-0.1, -0.05) is 24.3 Å². The van der Waals surface area contributed by atoms with Gasteiger partial charge in [-0.05, 0) is 77.1 Å². The van der Waals surface area contributed by atoms with Gasteiger partial charge >= 0.3 is 0 Å². The second-order valence-corrected chi connectivity index (χ2v) is 8.86. The summed E-state index contributed by atoms with van der Waals surface area (Å²) in [5.41, 5.74) is 0.732. The minimum atomic E-state index is -0.603. The molecule has 154 valence electrons. The van der Waals surface area contributed by atoms with E-state index in [2.05, 4.69) is 0 Å². The van der Waals surface area contributed by atoms with Crippen LogP contribution in [0.25, 0.3) is 0 Å². The Morgan fingerprint density at radius 3 is 1.25 bits per heavy atom. The molecule has 4 nitrogen and oxygen atoms in total. The number of Topliss-reactive ketones (excluding diaryl/α,β-unsaturated/α-hetero) is 2. The van der Waals surface area contributed by atoms with Gasteiger partial charge in [-0.15, -0.1) is 0 Å². The van der Waals surface area contributed by atoms with Crippen molar-refractivity contribution >= 4 is 46.1 Å². The fourth-order valence-corrected chi connectivity index (χ4v) is 3.24. The maximum Gasteiger partial charge on any atom is 0.161 e. The number of carbonyl (C=O) groups is 2. The lowest BCUT2D eigenvalue weighted by atomic mass is 9.92. The molecule has 0 radical (unpaired) electrons. The summed E-state index contributed by atoms with van der Waals surface area (Å²) in [6, 6.07) is 7.92. The van der Waals surface area contributed by atoms with E-state index in [0.717, 1.165) is 11.1 Å². The number of rotatable bonds is 10. The number of benzene rings is 1. The van der Waals surface area contributed by atoms with Gasteiger partial charge in [-0.2, -0.15) is 0 Å². The van der Waals surface area contributed by atoms with Gasteiger partial charge in [0.15, 0.2) is 10.1 Å². The van der Waals surface area contributed by atoms with Gasteiger partial charge in [0.05, 0.1) is 0 Å². The van der Waals surface area contributed by atoms with E-state index in [4.69, 9.17) is 33.9 Å². The fourth-order valence-electron chi connectivity index (χ4n) is 2.62. The zero-order valence-corrected chi connectivity index (χ0v) is 19.2. The molecular weight excluding hydrogens is 392 g/mol. The lowest BCUT2D eigenvalue weighted by Crippen LogP contribution is -2.27. The predicted octanol–water partition coefficient (Wildman–Crippen LogP) is 5.58. The van der Waals surface area contributed by atoms with Crippen molar-refractivity contribution in [3.8, 4) is 0 Å². The summed E-state index contributed by atoms with van der Waals surface area (Å²) in [5, 5.41) is 0.868. The molecule has 0 aliphatic carbocycles. The van der Waals surface area contributed by atoms with Crippen LogP contribution in [-0.4, -0.2) is 21.7 Å². The third-order valence-corrected chi connectivity index (χ3v) is 4.95. The van der Waals surface area contributed by atoms with Crippen molar-refractivity contribution in [2.24, 2.45) is 0 Å². The summed E-state index contributed by atoms with van der Waals surface area (Å²) < 4.78 is 11.8. The Morgan fingerprint density at radius 2 is 1.00 bits per heavy atom. The summed E-state index contributed by atoms with van der Waals surface area (Å²) in [5.74, 6) is 0.188. The zero-order chi connectivity index (χ0) is 21.5. The van der Waals surface area contributed by atoms with E-state index in [0.29, 0.717) is 35.8 Å². The van der Waals surface area contributed by atoms with Crippen LogP contribution in [0.3, 0.4) is 0 Å². The highest BCUT2D eigenvalue weighted by molar-refractivity contribution is 7.80. The molecule has 0 unspecified atom stereocenters. The maximum absolute atomic E-state index is 11.1. The molecule has 1 aromatic rings. The summed E-state index contributed by atoms with van der Waals surface area (Å²) in [6.07, 6.45) is 1.68. The van der Waals surface area contributed by atoms with Crippen LogP contribution in [0.5, 0.6) is 0 Å². The van der Waals surface area contributed by atoms with E-state index in [1.54, 1.807) is 13.8 Å². The summed E-state index contributed by atoms with van der Waals surface area (Å²) >= 11 is 10.5. The van der Waals surface area contributed by atoms with Crippen LogP contribution in [0.2, 0.25) is 0 Å². The summed E-state index contributed by atoms with van der Waals surface area (Å²) in [4.78, 5) is 22.2. The first kappa shape index (κ1) is 24.4. The Labute approximate surface area is 179 Å². The number of hydrogen-bond acceptors (Lipinski definition) is 6. The molecule has 28 heavy (non-hydrogen) atoms. The normalized spacial score (nSPS) is 11.6.